The molecule has 1 amide bonds. The van der Waals surface area contributed by atoms with Crippen LogP contribution in [0.1, 0.15) is 66.1 Å². The van der Waals surface area contributed by atoms with Gasteiger partial charge >= 0.3 is 6.36 Å². The van der Waals surface area contributed by atoms with Crippen molar-refractivity contribution in [3.05, 3.63) is 53.1 Å². The van der Waals surface area contributed by atoms with Gasteiger partial charge in [-0.3, -0.25) is 4.79 Å². The Labute approximate surface area is 217 Å². The molecule has 0 radical (unpaired) electrons. The lowest BCUT2D eigenvalue weighted by molar-refractivity contribution is -0.274. The SMILES string of the molecule is CNc1cc(OC(F)(F)F)ccc1C(=O)N1CCC(c2c(F)cnc3[nH]c([C@H]4CCN[C@@H](C)C4)cc23)CC1. The molecule has 3 aromatic rings. The van der Waals surface area contributed by atoms with Gasteiger partial charge in [0.25, 0.3) is 5.91 Å². The van der Waals surface area contributed by atoms with Crippen LogP contribution in [-0.4, -0.2) is 59.9 Å². The fraction of sp³-hybridized carbons (Fsp3) is 0.481. The molecule has 5 rings (SSSR count). The monoisotopic (exact) mass is 533 g/mol. The fourth-order valence-electron chi connectivity index (χ4n) is 5.80. The van der Waals surface area contributed by atoms with Crippen molar-refractivity contribution in [1.82, 2.24) is 20.2 Å². The number of hydrogen-bond donors (Lipinski definition) is 3. The maximum atomic E-state index is 15.1. The largest absolute Gasteiger partial charge is 0.573 e. The van der Waals surface area contributed by atoms with E-state index >= 15 is 4.39 Å². The number of ether oxygens (including phenoxy) is 1. The molecule has 4 heterocycles. The van der Waals surface area contributed by atoms with Crippen molar-refractivity contribution < 1.29 is 27.1 Å². The third-order valence-corrected chi connectivity index (χ3v) is 7.65. The highest BCUT2D eigenvalue weighted by Crippen LogP contribution is 2.38. The molecule has 2 aliphatic rings. The fourth-order valence-corrected chi connectivity index (χ4v) is 5.80. The second-order valence-corrected chi connectivity index (χ2v) is 10.2. The van der Waals surface area contributed by atoms with E-state index < -0.39 is 12.1 Å². The number of pyridine rings is 1. The molecular weight excluding hydrogens is 502 g/mol. The molecule has 204 valence electrons. The molecule has 38 heavy (non-hydrogen) atoms. The maximum Gasteiger partial charge on any atom is 0.573 e. The van der Waals surface area contributed by atoms with Gasteiger partial charge in [0.15, 0.2) is 0 Å². The molecule has 1 aromatic carbocycles. The first-order chi connectivity index (χ1) is 18.1. The van der Waals surface area contributed by atoms with Crippen LogP contribution in [0.4, 0.5) is 23.2 Å². The molecule has 2 atom stereocenters. The molecule has 2 fully saturated rings. The van der Waals surface area contributed by atoms with Crippen LogP contribution in [0.3, 0.4) is 0 Å². The molecule has 0 unspecified atom stereocenters. The van der Waals surface area contributed by atoms with Crippen LogP contribution < -0.4 is 15.4 Å². The molecule has 0 saturated carbocycles. The number of H-pyrrole nitrogens is 1. The normalized spacial score (nSPS) is 21.1. The quantitative estimate of drug-likeness (QED) is 0.377. The lowest BCUT2D eigenvalue weighted by Crippen LogP contribution is -2.38. The number of anilines is 1. The average molecular weight is 534 g/mol. The van der Waals surface area contributed by atoms with Gasteiger partial charge in [0.1, 0.15) is 17.2 Å². The Kier molecular flexibility index (Phi) is 7.21. The Balaban J connectivity index is 1.32. The number of halogens is 4. The first-order valence-electron chi connectivity index (χ1n) is 12.9. The number of piperidine rings is 2. The third kappa shape index (κ3) is 5.43. The smallest absolute Gasteiger partial charge is 0.406 e. The summed E-state index contributed by atoms with van der Waals surface area (Å²) in [6.07, 6.45) is -0.410. The van der Waals surface area contributed by atoms with E-state index in [0.717, 1.165) is 42.6 Å². The van der Waals surface area contributed by atoms with Gasteiger partial charge < -0.3 is 25.3 Å². The molecule has 11 heteroatoms. The lowest BCUT2D eigenvalue weighted by Gasteiger charge is -2.33. The van der Waals surface area contributed by atoms with Crippen LogP contribution in [-0.2, 0) is 0 Å². The number of nitrogens with one attached hydrogen (secondary N) is 3. The van der Waals surface area contributed by atoms with E-state index in [1.54, 1.807) is 4.90 Å². The molecule has 0 aliphatic carbocycles. The minimum atomic E-state index is -4.82. The van der Waals surface area contributed by atoms with E-state index in [-0.39, 0.29) is 28.9 Å². The molecule has 7 nitrogen and oxygen atoms in total. The molecule has 2 aliphatic heterocycles. The molecule has 3 N–H and O–H groups in total. The summed E-state index contributed by atoms with van der Waals surface area (Å²) in [7, 11) is 1.53. The first kappa shape index (κ1) is 26.3. The van der Waals surface area contributed by atoms with Crippen LogP contribution in [0.2, 0.25) is 0 Å². The van der Waals surface area contributed by atoms with Crippen LogP contribution in [0.15, 0.2) is 30.5 Å². The van der Waals surface area contributed by atoms with E-state index in [9.17, 15) is 18.0 Å². The highest BCUT2D eigenvalue weighted by atomic mass is 19.4. The Bertz CT molecular complexity index is 1320. The van der Waals surface area contributed by atoms with E-state index in [4.69, 9.17) is 0 Å². The van der Waals surface area contributed by atoms with Crippen molar-refractivity contribution in [3.63, 3.8) is 0 Å². The standard InChI is InChI=1S/C27H31F4N5O2/c1-15-11-17(5-8-33-15)22-13-20-24(21(28)14-34-25(20)35-22)16-6-9-36(10-7-16)26(37)19-4-3-18(12-23(19)32-2)38-27(29,30)31/h3-4,12-17,32-33H,5-11H2,1-2H3,(H,34,35)/t15-,17-/m0/s1. The average Bonchev–Trinajstić information content (AvgIpc) is 3.32. The van der Waals surface area contributed by atoms with Crippen molar-refractivity contribution in [3.8, 4) is 5.75 Å². The van der Waals surface area contributed by atoms with Crippen molar-refractivity contribution in [2.45, 2.75) is 56.8 Å². The highest BCUT2D eigenvalue weighted by molar-refractivity contribution is 6.00. The zero-order valence-corrected chi connectivity index (χ0v) is 21.3. The number of aromatic amines is 1. The Hall–Kier alpha value is -3.34. The summed E-state index contributed by atoms with van der Waals surface area (Å²) >= 11 is 0. The number of likely N-dealkylation sites (tertiary alicyclic amines) is 1. The van der Waals surface area contributed by atoms with E-state index in [1.165, 1.54) is 19.3 Å². The summed E-state index contributed by atoms with van der Waals surface area (Å²) in [5.41, 5.74) is 2.90. The number of alkyl halides is 3. The molecule has 2 saturated heterocycles. The first-order valence-corrected chi connectivity index (χ1v) is 12.9. The van der Waals surface area contributed by atoms with Gasteiger partial charge in [0, 0.05) is 54.8 Å². The summed E-state index contributed by atoms with van der Waals surface area (Å²) in [5.74, 6) is -0.754. The summed E-state index contributed by atoms with van der Waals surface area (Å²) in [6, 6.07) is 6.08. The van der Waals surface area contributed by atoms with E-state index in [2.05, 4.69) is 32.3 Å². The minimum absolute atomic E-state index is 0.0773. The van der Waals surface area contributed by atoms with Gasteiger partial charge in [-0.05, 0) is 63.3 Å². The summed E-state index contributed by atoms with van der Waals surface area (Å²) < 4.78 is 56.9. The summed E-state index contributed by atoms with van der Waals surface area (Å²) in [4.78, 5) is 22.6. The number of aromatic nitrogens is 2. The Morgan fingerprint density at radius 3 is 2.61 bits per heavy atom. The molecule has 0 bridgehead atoms. The van der Waals surface area contributed by atoms with Gasteiger partial charge in [-0.25, -0.2) is 9.37 Å². The van der Waals surface area contributed by atoms with Crippen molar-refractivity contribution in [2.24, 2.45) is 0 Å². The van der Waals surface area contributed by atoms with Crippen molar-refractivity contribution in [1.29, 1.82) is 0 Å². The van der Waals surface area contributed by atoms with Crippen LogP contribution in [0, 0.1) is 5.82 Å². The maximum absolute atomic E-state index is 15.1. The minimum Gasteiger partial charge on any atom is -0.406 e. The second-order valence-electron chi connectivity index (χ2n) is 10.2. The topological polar surface area (TPSA) is 82.3 Å². The highest BCUT2D eigenvalue weighted by Gasteiger charge is 2.33. The number of carbonyl (C=O) groups excluding carboxylic acids is 1. The lowest BCUT2D eigenvalue weighted by atomic mass is 9.87. The van der Waals surface area contributed by atoms with E-state index in [0.29, 0.717) is 49.1 Å². The zero-order valence-electron chi connectivity index (χ0n) is 21.3. The number of benzene rings is 1. The summed E-state index contributed by atoms with van der Waals surface area (Å²) in [5, 5.41) is 7.03. The molecule has 0 spiro atoms. The predicted octanol–water partition coefficient (Wildman–Crippen LogP) is 5.52. The number of amides is 1. The van der Waals surface area contributed by atoms with Crippen LogP contribution in [0.5, 0.6) is 5.75 Å². The van der Waals surface area contributed by atoms with Gasteiger partial charge in [-0.15, -0.1) is 13.2 Å². The van der Waals surface area contributed by atoms with Gasteiger partial charge in [0.05, 0.1) is 17.4 Å². The second kappa shape index (κ2) is 10.4. The number of fused-ring (bicyclic) bond motifs is 1. The van der Waals surface area contributed by atoms with Crippen LogP contribution in [0.25, 0.3) is 11.0 Å². The molecule has 2 aromatic heterocycles. The number of hydrogen-bond acceptors (Lipinski definition) is 5. The number of rotatable bonds is 5. The summed E-state index contributed by atoms with van der Waals surface area (Å²) in [6.45, 7) is 3.91. The number of carbonyl (C=O) groups is 1. The Morgan fingerprint density at radius 1 is 1.16 bits per heavy atom. The van der Waals surface area contributed by atoms with E-state index in [1.807, 2.05) is 6.07 Å². The zero-order chi connectivity index (χ0) is 27.0. The van der Waals surface area contributed by atoms with Crippen molar-refractivity contribution >= 4 is 22.6 Å². The van der Waals surface area contributed by atoms with Crippen LogP contribution >= 0.6 is 0 Å². The van der Waals surface area contributed by atoms with Crippen molar-refractivity contribution in [2.75, 3.05) is 32.0 Å². The third-order valence-electron chi connectivity index (χ3n) is 7.65. The number of nitrogens with zero attached hydrogens (tertiary/aromatic N) is 2. The Morgan fingerprint density at radius 2 is 1.92 bits per heavy atom. The van der Waals surface area contributed by atoms with Gasteiger partial charge in [-0.1, -0.05) is 0 Å². The van der Waals surface area contributed by atoms with Gasteiger partial charge in [0.2, 0.25) is 0 Å². The van der Waals surface area contributed by atoms with Gasteiger partial charge in [-0.2, -0.15) is 0 Å². The molecular formula is C27H31F4N5O2. The predicted molar refractivity (Wildman–Crippen MR) is 136 cm³/mol.